The Kier molecular flexibility index (Phi) is 8.76. The van der Waals surface area contributed by atoms with Crippen LogP contribution in [0.25, 0.3) is 0 Å². The highest BCUT2D eigenvalue weighted by Gasteiger charge is 2.36. The van der Waals surface area contributed by atoms with E-state index in [2.05, 4.69) is 20.6 Å². The molecule has 0 spiro atoms. The zero-order valence-corrected chi connectivity index (χ0v) is 20.5. The largest absolute Gasteiger partial charge is 0.451 e. The molecule has 0 aliphatic heterocycles. The number of carbonyl (C=O) groups excluding carboxylic acids is 2. The van der Waals surface area contributed by atoms with Crippen LogP contribution < -0.4 is 16.4 Å². The number of nitrogens with two attached hydrogens (primary N) is 1. The average Bonchev–Trinajstić information content (AvgIpc) is 2.87. The van der Waals surface area contributed by atoms with Crippen LogP contribution in [0.2, 0.25) is 0 Å². The van der Waals surface area contributed by atoms with E-state index in [-0.39, 0.29) is 23.7 Å². The molecule has 0 saturated carbocycles. The van der Waals surface area contributed by atoms with E-state index in [1.807, 2.05) is 0 Å². The van der Waals surface area contributed by atoms with E-state index in [0.717, 1.165) is 0 Å². The molecule has 200 valence electrons. The fourth-order valence-corrected chi connectivity index (χ4v) is 3.71. The summed E-state index contributed by atoms with van der Waals surface area (Å²) in [5.74, 6) is -5.21. The number of amides is 2. The molecule has 5 N–H and O–H groups in total. The second kappa shape index (κ2) is 11.8. The number of nitrogens with zero attached hydrogens (tertiary/aromatic N) is 2. The number of hydrogen-bond donors (Lipinski definition) is 4. The Morgan fingerprint density at radius 3 is 2.24 bits per heavy atom. The van der Waals surface area contributed by atoms with Gasteiger partial charge in [0.2, 0.25) is 11.7 Å². The average molecular weight is 531 g/mol. The Hall–Kier alpha value is -4.35. The number of alkyl halides is 3. The van der Waals surface area contributed by atoms with E-state index in [1.165, 1.54) is 24.3 Å². The minimum absolute atomic E-state index is 0.0633. The smallest absolute Gasteiger partial charge is 0.368 e. The van der Waals surface area contributed by atoms with Crippen LogP contribution in [-0.2, 0) is 11.0 Å². The summed E-state index contributed by atoms with van der Waals surface area (Å²) in [5, 5.41) is 13.9. The lowest BCUT2D eigenvalue weighted by Crippen LogP contribution is -2.47. The predicted octanol–water partition coefficient (Wildman–Crippen LogP) is 4.14. The van der Waals surface area contributed by atoms with Crippen LogP contribution in [0.4, 0.5) is 23.4 Å². The van der Waals surface area contributed by atoms with Gasteiger partial charge in [-0.3, -0.25) is 9.59 Å². The Bertz CT molecular complexity index is 1300. The minimum atomic E-state index is -4.89. The molecule has 1 aromatic heterocycles. The molecular formula is C26H26F4N6O2. The summed E-state index contributed by atoms with van der Waals surface area (Å²) >= 11 is 0. The van der Waals surface area contributed by atoms with E-state index in [4.69, 9.17) is 11.1 Å². The highest BCUT2D eigenvalue weighted by atomic mass is 19.4. The van der Waals surface area contributed by atoms with Gasteiger partial charge in [-0.05, 0) is 29.2 Å². The summed E-state index contributed by atoms with van der Waals surface area (Å²) in [4.78, 5) is 31.5. The van der Waals surface area contributed by atoms with Gasteiger partial charge >= 0.3 is 6.18 Å². The van der Waals surface area contributed by atoms with E-state index in [9.17, 15) is 27.2 Å². The zero-order valence-electron chi connectivity index (χ0n) is 20.5. The molecule has 0 bridgehead atoms. The van der Waals surface area contributed by atoms with Gasteiger partial charge in [-0.15, -0.1) is 0 Å². The van der Waals surface area contributed by atoms with E-state index in [1.54, 1.807) is 44.2 Å². The summed E-state index contributed by atoms with van der Waals surface area (Å²) in [6.07, 6.45) is -4.17. The molecule has 12 heteroatoms. The first kappa shape index (κ1) is 28.2. The fourth-order valence-electron chi connectivity index (χ4n) is 3.71. The maximum absolute atomic E-state index is 13.4. The van der Waals surface area contributed by atoms with Crippen molar-refractivity contribution in [2.45, 2.75) is 32.0 Å². The van der Waals surface area contributed by atoms with Crippen LogP contribution in [0.1, 0.15) is 47.1 Å². The fraction of sp³-hybridized carbons (Fsp3) is 0.269. The summed E-state index contributed by atoms with van der Waals surface area (Å²) in [5.41, 5.74) is 6.12. The Morgan fingerprint density at radius 1 is 1.05 bits per heavy atom. The molecule has 38 heavy (non-hydrogen) atoms. The Morgan fingerprint density at radius 2 is 1.68 bits per heavy atom. The number of carbonyl (C=O) groups is 2. The van der Waals surface area contributed by atoms with Crippen molar-refractivity contribution in [1.82, 2.24) is 15.3 Å². The summed E-state index contributed by atoms with van der Waals surface area (Å²) in [6.45, 7) is 3.14. The standard InChI is InChI=1S/C26H26F4N6O2/c1-14(2)21(22(32)37)35-24(38)19-13-34-25(26(28,29)30)36-23(19)33-12-18(15-6-4-3-5-7-15)20(31)16-8-10-17(27)11-9-16/h3-11,13-14,18,21,31H,12H2,1-2H3,(H2,32,37)(H,35,38)(H,33,34,36). The third kappa shape index (κ3) is 6.90. The van der Waals surface area contributed by atoms with Crippen LogP contribution >= 0.6 is 0 Å². The lowest BCUT2D eigenvalue weighted by Gasteiger charge is -2.22. The first-order valence-electron chi connectivity index (χ1n) is 11.6. The zero-order chi connectivity index (χ0) is 28.0. The number of nitrogens with one attached hydrogen (secondary N) is 3. The molecule has 2 amide bonds. The third-order valence-corrected chi connectivity index (χ3v) is 5.73. The topological polar surface area (TPSA) is 134 Å². The molecule has 1 heterocycles. The molecule has 3 aromatic rings. The maximum atomic E-state index is 13.4. The second-order valence-electron chi connectivity index (χ2n) is 8.82. The van der Waals surface area contributed by atoms with Crippen LogP contribution in [0.3, 0.4) is 0 Å². The molecule has 3 rings (SSSR count). The molecular weight excluding hydrogens is 504 g/mol. The number of aromatic nitrogens is 2. The summed E-state index contributed by atoms with van der Waals surface area (Å²) in [7, 11) is 0. The van der Waals surface area contributed by atoms with Gasteiger partial charge in [0.1, 0.15) is 23.2 Å². The first-order valence-corrected chi connectivity index (χ1v) is 11.6. The summed E-state index contributed by atoms with van der Waals surface area (Å²) < 4.78 is 53.6. The molecule has 8 nitrogen and oxygen atoms in total. The highest BCUT2D eigenvalue weighted by Crippen LogP contribution is 2.29. The highest BCUT2D eigenvalue weighted by molar-refractivity contribution is 6.04. The van der Waals surface area contributed by atoms with Gasteiger partial charge < -0.3 is 21.8 Å². The van der Waals surface area contributed by atoms with Crippen molar-refractivity contribution < 1.29 is 27.2 Å². The van der Waals surface area contributed by atoms with Crippen LogP contribution in [0.5, 0.6) is 0 Å². The van der Waals surface area contributed by atoms with Gasteiger partial charge in [0, 0.05) is 24.4 Å². The molecule has 0 aliphatic rings. The van der Waals surface area contributed by atoms with Gasteiger partial charge in [0.05, 0.1) is 0 Å². The molecule has 2 unspecified atom stereocenters. The van der Waals surface area contributed by atoms with Crippen LogP contribution in [0, 0.1) is 17.1 Å². The molecule has 2 aromatic carbocycles. The third-order valence-electron chi connectivity index (χ3n) is 5.73. The number of anilines is 1. The van der Waals surface area contributed by atoms with Gasteiger partial charge in [0.15, 0.2) is 0 Å². The normalized spacial score (nSPS) is 13.0. The van der Waals surface area contributed by atoms with Crippen molar-refractivity contribution in [3.8, 4) is 0 Å². The predicted molar refractivity (Wildman–Crippen MR) is 133 cm³/mol. The van der Waals surface area contributed by atoms with Crippen LogP contribution in [0.15, 0.2) is 60.8 Å². The van der Waals surface area contributed by atoms with Crippen LogP contribution in [-0.4, -0.2) is 40.1 Å². The minimum Gasteiger partial charge on any atom is -0.368 e. The number of rotatable bonds is 10. The molecule has 0 radical (unpaired) electrons. The molecule has 0 saturated heterocycles. The Balaban J connectivity index is 1.98. The second-order valence-corrected chi connectivity index (χ2v) is 8.82. The SMILES string of the molecule is CC(C)C(NC(=O)c1cnc(C(F)(F)F)nc1NCC(C(=N)c1ccc(F)cc1)c1ccccc1)C(N)=O. The van der Waals surface area contributed by atoms with E-state index >= 15 is 0 Å². The van der Waals surface area contributed by atoms with Crippen molar-refractivity contribution in [1.29, 1.82) is 5.41 Å². The number of hydrogen-bond acceptors (Lipinski definition) is 6. The van der Waals surface area contributed by atoms with E-state index in [0.29, 0.717) is 17.3 Å². The van der Waals surface area contributed by atoms with Gasteiger partial charge in [-0.25, -0.2) is 14.4 Å². The number of primary amides is 1. The molecule has 0 aliphatic carbocycles. The van der Waals surface area contributed by atoms with Crippen molar-refractivity contribution in [3.05, 3.63) is 89.1 Å². The van der Waals surface area contributed by atoms with Crippen molar-refractivity contribution >= 4 is 23.3 Å². The lowest BCUT2D eigenvalue weighted by atomic mass is 9.89. The van der Waals surface area contributed by atoms with Gasteiger partial charge in [0.25, 0.3) is 5.91 Å². The monoisotopic (exact) mass is 530 g/mol. The number of halogens is 4. The van der Waals surface area contributed by atoms with E-state index < -0.39 is 47.4 Å². The molecule has 0 fully saturated rings. The van der Waals surface area contributed by atoms with Gasteiger partial charge in [-0.1, -0.05) is 56.3 Å². The quantitative estimate of drug-likeness (QED) is 0.231. The summed E-state index contributed by atoms with van der Waals surface area (Å²) in [6, 6.07) is 12.9. The van der Waals surface area contributed by atoms with Crippen molar-refractivity contribution in [2.75, 3.05) is 11.9 Å². The Labute approximate surface area is 216 Å². The number of benzene rings is 2. The maximum Gasteiger partial charge on any atom is 0.451 e. The first-order chi connectivity index (χ1) is 17.9. The molecule has 2 atom stereocenters. The van der Waals surface area contributed by atoms with Gasteiger partial charge in [-0.2, -0.15) is 13.2 Å². The van der Waals surface area contributed by atoms with Crippen molar-refractivity contribution in [3.63, 3.8) is 0 Å². The van der Waals surface area contributed by atoms with Crippen molar-refractivity contribution in [2.24, 2.45) is 11.7 Å². The lowest BCUT2D eigenvalue weighted by molar-refractivity contribution is -0.144.